The molecular formula is C45H54N4O4S. The molecule has 0 saturated heterocycles. The number of nitrogens with one attached hydrogen (secondary N) is 2. The Morgan fingerprint density at radius 3 is 2.11 bits per heavy atom. The van der Waals surface area contributed by atoms with Crippen LogP contribution in [0.4, 0.5) is 0 Å². The van der Waals surface area contributed by atoms with Crippen molar-refractivity contribution in [1.82, 2.24) is 20.6 Å². The average Bonchev–Trinajstić information content (AvgIpc) is 3.69. The van der Waals surface area contributed by atoms with Crippen LogP contribution in [0.2, 0.25) is 0 Å². The quantitative estimate of drug-likeness (QED) is 0.0722. The average molecular weight is 747 g/mol. The van der Waals surface area contributed by atoms with Crippen molar-refractivity contribution in [2.75, 3.05) is 13.2 Å². The lowest BCUT2D eigenvalue weighted by atomic mass is 9.93. The number of hydrogen-bond donors (Lipinski definition) is 3. The van der Waals surface area contributed by atoms with E-state index in [4.69, 9.17) is 4.74 Å². The van der Waals surface area contributed by atoms with E-state index in [1.807, 2.05) is 110 Å². The minimum atomic E-state index is -0.936. The molecule has 3 aromatic carbocycles. The second-order valence-electron chi connectivity index (χ2n) is 15.0. The number of carboxylic acids is 1. The lowest BCUT2D eigenvalue weighted by molar-refractivity contribution is -0.140. The van der Waals surface area contributed by atoms with Gasteiger partial charge in [0.15, 0.2) is 5.82 Å². The molecule has 284 valence electrons. The first kappa shape index (κ1) is 40.3. The zero-order valence-electron chi connectivity index (χ0n) is 32.2. The summed E-state index contributed by atoms with van der Waals surface area (Å²) >= 11 is 1.49. The molecule has 3 atom stereocenters. The van der Waals surface area contributed by atoms with Gasteiger partial charge >= 0.3 is 5.97 Å². The SMILES string of the molecule is CCCCCCCOc1ccc(-c2cnc(-c3ccc(CC(CNC(C(=O)O)C(C)c4ccccc4)NC(=O)c4ccc(C(C)(C)C)s4)cc3)nc2)cc1. The van der Waals surface area contributed by atoms with E-state index >= 15 is 0 Å². The molecule has 54 heavy (non-hydrogen) atoms. The summed E-state index contributed by atoms with van der Waals surface area (Å²) in [5, 5.41) is 16.6. The molecule has 8 nitrogen and oxygen atoms in total. The van der Waals surface area contributed by atoms with Crippen molar-refractivity contribution in [3.63, 3.8) is 0 Å². The largest absolute Gasteiger partial charge is 0.494 e. The van der Waals surface area contributed by atoms with E-state index in [2.05, 4.69) is 48.3 Å². The summed E-state index contributed by atoms with van der Waals surface area (Å²) in [6, 6.07) is 28.3. The van der Waals surface area contributed by atoms with E-state index in [9.17, 15) is 14.7 Å². The van der Waals surface area contributed by atoms with Gasteiger partial charge in [-0.25, -0.2) is 9.97 Å². The number of amides is 1. The summed E-state index contributed by atoms with van der Waals surface area (Å²) in [4.78, 5) is 37.0. The van der Waals surface area contributed by atoms with Crippen molar-refractivity contribution < 1.29 is 19.4 Å². The summed E-state index contributed by atoms with van der Waals surface area (Å²) in [6.07, 6.45) is 10.2. The number of nitrogens with zero attached hydrogens (tertiary/aromatic N) is 2. The van der Waals surface area contributed by atoms with Crippen LogP contribution in [0.25, 0.3) is 22.5 Å². The number of benzene rings is 3. The fraction of sp³-hybridized carbons (Fsp3) is 0.378. The van der Waals surface area contributed by atoms with Gasteiger partial charge in [0.1, 0.15) is 11.8 Å². The van der Waals surface area contributed by atoms with E-state index in [1.54, 1.807) is 0 Å². The van der Waals surface area contributed by atoms with Gasteiger partial charge < -0.3 is 20.5 Å². The third-order valence-corrected chi connectivity index (χ3v) is 11.1. The minimum absolute atomic E-state index is 0.0635. The Morgan fingerprint density at radius 2 is 1.48 bits per heavy atom. The first-order chi connectivity index (χ1) is 26.0. The van der Waals surface area contributed by atoms with Crippen LogP contribution in [-0.4, -0.2) is 52.2 Å². The maximum absolute atomic E-state index is 13.5. The molecule has 0 saturated carbocycles. The predicted octanol–water partition coefficient (Wildman–Crippen LogP) is 9.71. The summed E-state index contributed by atoms with van der Waals surface area (Å²) < 4.78 is 5.92. The molecule has 3 N–H and O–H groups in total. The molecular weight excluding hydrogens is 693 g/mol. The van der Waals surface area contributed by atoms with Crippen LogP contribution in [0.15, 0.2) is 103 Å². The first-order valence-electron chi connectivity index (χ1n) is 19.1. The molecule has 0 fully saturated rings. The predicted molar refractivity (Wildman–Crippen MR) is 219 cm³/mol. The standard InChI is InChI=1S/C45H54N4O4S/c1-6-7-8-9-13-26-53-38-22-20-34(21-23-38)36-28-47-42(48-29-36)35-18-16-32(17-19-35)27-37(49-43(50)39-24-25-40(54-39)45(3,4)5)30-46-41(44(51)52)31(2)33-14-11-10-12-15-33/h10-12,14-25,28-29,31,37,41,46H,6-9,13,26-27,30H2,1-5H3,(H,49,50)(H,51,52). The van der Waals surface area contributed by atoms with Crippen LogP contribution >= 0.6 is 11.3 Å². The van der Waals surface area contributed by atoms with Gasteiger partial charge in [-0.05, 0) is 59.2 Å². The topological polar surface area (TPSA) is 113 Å². The third kappa shape index (κ3) is 11.6. The van der Waals surface area contributed by atoms with Crippen molar-refractivity contribution in [1.29, 1.82) is 0 Å². The number of ether oxygens (including phenoxy) is 1. The van der Waals surface area contributed by atoms with Crippen LogP contribution in [0.3, 0.4) is 0 Å². The molecule has 0 aliphatic carbocycles. The lowest BCUT2D eigenvalue weighted by Gasteiger charge is -2.26. The Hall–Kier alpha value is -4.86. The van der Waals surface area contributed by atoms with Crippen molar-refractivity contribution in [2.24, 2.45) is 0 Å². The van der Waals surface area contributed by atoms with Crippen LogP contribution < -0.4 is 15.4 Å². The first-order valence-corrected chi connectivity index (χ1v) is 19.9. The van der Waals surface area contributed by atoms with Gasteiger partial charge in [-0.2, -0.15) is 0 Å². The summed E-state index contributed by atoms with van der Waals surface area (Å²) in [5.41, 5.74) is 4.69. The Bertz CT molecular complexity index is 1900. The van der Waals surface area contributed by atoms with Crippen LogP contribution in [0, 0.1) is 0 Å². The second-order valence-corrected chi connectivity index (χ2v) is 16.1. The summed E-state index contributed by atoms with van der Waals surface area (Å²) in [7, 11) is 0. The van der Waals surface area contributed by atoms with Crippen molar-refractivity contribution in [2.45, 2.75) is 96.6 Å². The van der Waals surface area contributed by atoms with Crippen molar-refractivity contribution >= 4 is 23.2 Å². The number of hydrogen-bond acceptors (Lipinski definition) is 7. The highest BCUT2D eigenvalue weighted by Crippen LogP contribution is 2.30. The molecule has 1 amide bonds. The lowest BCUT2D eigenvalue weighted by Crippen LogP contribution is -2.49. The number of aliphatic carboxylic acids is 1. The number of aromatic nitrogens is 2. The highest BCUT2D eigenvalue weighted by Gasteiger charge is 2.27. The smallest absolute Gasteiger partial charge is 0.321 e. The van der Waals surface area contributed by atoms with Gasteiger partial charge in [-0.1, -0.05) is 127 Å². The second kappa shape index (κ2) is 19.5. The molecule has 9 heteroatoms. The Kier molecular flexibility index (Phi) is 14.5. The zero-order valence-corrected chi connectivity index (χ0v) is 33.0. The number of thiophene rings is 1. The number of unbranched alkanes of at least 4 members (excludes halogenated alkanes) is 4. The normalized spacial score (nSPS) is 13.2. The molecule has 2 aromatic heterocycles. The van der Waals surface area contributed by atoms with E-state index < -0.39 is 12.0 Å². The summed E-state index contributed by atoms with van der Waals surface area (Å²) in [5.74, 6) is 0.103. The van der Waals surface area contributed by atoms with Crippen molar-refractivity contribution in [3.8, 4) is 28.3 Å². The highest BCUT2D eigenvalue weighted by atomic mass is 32.1. The minimum Gasteiger partial charge on any atom is -0.494 e. The number of carboxylic acid groups (broad SMARTS) is 1. The Balaban J connectivity index is 1.24. The van der Waals surface area contributed by atoms with Crippen LogP contribution in [-0.2, 0) is 16.6 Å². The fourth-order valence-corrected chi connectivity index (χ4v) is 7.30. The number of rotatable bonds is 19. The Morgan fingerprint density at radius 1 is 0.815 bits per heavy atom. The fourth-order valence-electron chi connectivity index (χ4n) is 6.33. The molecule has 0 bridgehead atoms. The van der Waals surface area contributed by atoms with E-state index in [0.29, 0.717) is 17.1 Å². The molecule has 5 aromatic rings. The monoisotopic (exact) mass is 746 g/mol. The molecule has 0 aliphatic rings. The van der Waals surface area contributed by atoms with E-state index in [1.165, 1.54) is 37.0 Å². The van der Waals surface area contributed by atoms with Gasteiger partial charge in [-0.15, -0.1) is 11.3 Å². The van der Waals surface area contributed by atoms with Gasteiger partial charge in [0.2, 0.25) is 0 Å². The number of carbonyl (C=O) groups excluding carboxylic acids is 1. The molecule has 0 aliphatic heterocycles. The number of carbonyl (C=O) groups is 2. The van der Waals surface area contributed by atoms with Crippen LogP contribution in [0.5, 0.6) is 5.75 Å². The van der Waals surface area contributed by atoms with E-state index in [-0.39, 0.29) is 29.8 Å². The molecule has 5 rings (SSSR count). The van der Waals surface area contributed by atoms with Gasteiger partial charge in [0.25, 0.3) is 5.91 Å². The van der Waals surface area contributed by atoms with Crippen molar-refractivity contribution in [3.05, 3.63) is 124 Å². The van der Waals surface area contributed by atoms with E-state index in [0.717, 1.165) is 51.5 Å². The maximum atomic E-state index is 13.5. The third-order valence-electron chi connectivity index (χ3n) is 9.63. The molecule has 2 heterocycles. The van der Waals surface area contributed by atoms with Crippen LogP contribution in [0.1, 0.15) is 98.3 Å². The zero-order chi connectivity index (χ0) is 38.5. The Labute approximate surface area is 324 Å². The molecule has 0 spiro atoms. The molecule has 0 radical (unpaired) electrons. The molecule has 3 unspecified atom stereocenters. The van der Waals surface area contributed by atoms with Gasteiger partial charge in [0, 0.05) is 46.9 Å². The van der Waals surface area contributed by atoms with Gasteiger partial charge in [-0.3, -0.25) is 9.59 Å². The summed E-state index contributed by atoms with van der Waals surface area (Å²) in [6.45, 7) is 11.5. The highest BCUT2D eigenvalue weighted by molar-refractivity contribution is 7.14. The van der Waals surface area contributed by atoms with Gasteiger partial charge in [0.05, 0.1) is 11.5 Å². The maximum Gasteiger partial charge on any atom is 0.321 e.